The zero-order chi connectivity index (χ0) is 19.5. The summed E-state index contributed by atoms with van der Waals surface area (Å²) in [6, 6.07) is 15.8. The number of nitrogens with zero attached hydrogens (tertiary/aromatic N) is 1. The number of benzene rings is 2. The number of rotatable bonds is 4. The Labute approximate surface area is 169 Å². The van der Waals surface area contributed by atoms with E-state index < -0.39 is 0 Å². The number of halogens is 1. The molecule has 2 aromatic carbocycles. The van der Waals surface area contributed by atoms with Crippen molar-refractivity contribution in [1.29, 1.82) is 0 Å². The predicted octanol–water partition coefficient (Wildman–Crippen LogP) is 4.46. The molecule has 1 aliphatic rings. The molecule has 2 amide bonds. The number of carbonyl (C=O) groups is 1. The van der Waals surface area contributed by atoms with E-state index >= 15 is 0 Å². The average molecular weight is 398 g/mol. The molecule has 1 atom stereocenters. The van der Waals surface area contributed by atoms with Crippen LogP contribution in [0.2, 0.25) is 5.02 Å². The van der Waals surface area contributed by atoms with Crippen molar-refractivity contribution in [2.45, 2.75) is 19.4 Å². The standard InChI is InChI=1S/C22H24ClN3O2/c1-15-18(19-4-2-3-5-20(19)25-15)10-11-24-22(27)26-12-13-28-21(14-26)16-6-8-17(23)9-7-16/h2-9,21,25H,10-14H2,1H3,(H,24,27). The van der Waals surface area contributed by atoms with Crippen LogP contribution in [-0.2, 0) is 11.2 Å². The number of aryl methyl sites for hydroxylation is 1. The van der Waals surface area contributed by atoms with Gasteiger partial charge < -0.3 is 19.9 Å². The molecule has 1 saturated heterocycles. The van der Waals surface area contributed by atoms with Crippen LogP contribution < -0.4 is 5.32 Å². The minimum absolute atomic E-state index is 0.0419. The first kappa shape index (κ1) is 18.8. The number of ether oxygens (including phenoxy) is 1. The molecule has 5 nitrogen and oxygen atoms in total. The molecule has 1 unspecified atom stereocenters. The fraction of sp³-hybridized carbons (Fsp3) is 0.318. The first-order valence-electron chi connectivity index (χ1n) is 9.58. The number of aromatic amines is 1. The summed E-state index contributed by atoms with van der Waals surface area (Å²) in [5, 5.41) is 4.98. The van der Waals surface area contributed by atoms with E-state index in [0.29, 0.717) is 31.3 Å². The first-order valence-corrected chi connectivity index (χ1v) is 9.95. The number of morpholine rings is 1. The van der Waals surface area contributed by atoms with Crippen molar-refractivity contribution in [3.05, 3.63) is 70.4 Å². The van der Waals surface area contributed by atoms with Gasteiger partial charge in [-0.15, -0.1) is 0 Å². The molecule has 0 spiro atoms. The molecule has 2 heterocycles. The molecule has 1 aliphatic heterocycles. The largest absolute Gasteiger partial charge is 0.370 e. The maximum Gasteiger partial charge on any atom is 0.317 e. The van der Waals surface area contributed by atoms with Crippen LogP contribution >= 0.6 is 11.6 Å². The monoisotopic (exact) mass is 397 g/mol. The zero-order valence-corrected chi connectivity index (χ0v) is 16.6. The molecule has 0 bridgehead atoms. The summed E-state index contributed by atoms with van der Waals surface area (Å²) in [4.78, 5) is 17.9. The third-order valence-electron chi connectivity index (χ3n) is 5.27. The highest BCUT2D eigenvalue weighted by Gasteiger charge is 2.25. The van der Waals surface area contributed by atoms with Gasteiger partial charge in [-0.05, 0) is 42.7 Å². The van der Waals surface area contributed by atoms with E-state index in [9.17, 15) is 4.79 Å². The third kappa shape index (κ3) is 4.01. The SMILES string of the molecule is Cc1[nH]c2ccccc2c1CCNC(=O)N1CCOC(c2ccc(Cl)cc2)C1. The Morgan fingerprint density at radius 1 is 1.25 bits per heavy atom. The lowest BCUT2D eigenvalue weighted by atomic mass is 10.1. The summed E-state index contributed by atoms with van der Waals surface area (Å²) in [7, 11) is 0. The number of hydrogen-bond donors (Lipinski definition) is 2. The lowest BCUT2D eigenvalue weighted by molar-refractivity contribution is -0.0153. The Kier molecular flexibility index (Phi) is 5.55. The van der Waals surface area contributed by atoms with Crippen LogP contribution in [0.5, 0.6) is 0 Å². The maximum atomic E-state index is 12.6. The topological polar surface area (TPSA) is 57.4 Å². The van der Waals surface area contributed by atoms with E-state index in [1.54, 1.807) is 0 Å². The molecular formula is C22H24ClN3O2. The summed E-state index contributed by atoms with van der Waals surface area (Å²) in [6.45, 7) is 4.35. The number of H-pyrrole nitrogens is 1. The van der Waals surface area contributed by atoms with Crippen LogP contribution in [0.3, 0.4) is 0 Å². The minimum atomic E-state index is -0.118. The molecule has 4 rings (SSSR count). The van der Waals surface area contributed by atoms with Crippen molar-refractivity contribution < 1.29 is 9.53 Å². The van der Waals surface area contributed by atoms with Gasteiger partial charge in [-0.2, -0.15) is 0 Å². The first-order chi connectivity index (χ1) is 13.6. The molecule has 0 aliphatic carbocycles. The van der Waals surface area contributed by atoms with E-state index in [2.05, 4.69) is 29.4 Å². The highest BCUT2D eigenvalue weighted by Crippen LogP contribution is 2.24. The Morgan fingerprint density at radius 2 is 2.04 bits per heavy atom. The average Bonchev–Trinajstić information content (AvgIpc) is 3.04. The number of para-hydroxylation sites is 1. The van der Waals surface area contributed by atoms with Gasteiger partial charge in [-0.25, -0.2) is 4.79 Å². The number of aromatic nitrogens is 1. The van der Waals surface area contributed by atoms with Crippen LogP contribution in [-0.4, -0.2) is 42.2 Å². The highest BCUT2D eigenvalue weighted by molar-refractivity contribution is 6.30. The van der Waals surface area contributed by atoms with Gasteiger partial charge in [0.2, 0.25) is 0 Å². The van der Waals surface area contributed by atoms with Crippen molar-refractivity contribution in [2.24, 2.45) is 0 Å². The van der Waals surface area contributed by atoms with Gasteiger partial charge in [0.05, 0.1) is 13.2 Å². The Hall–Kier alpha value is -2.50. The van der Waals surface area contributed by atoms with E-state index in [4.69, 9.17) is 16.3 Å². The number of amides is 2. The van der Waals surface area contributed by atoms with Crippen LogP contribution in [0.15, 0.2) is 48.5 Å². The molecule has 28 heavy (non-hydrogen) atoms. The minimum Gasteiger partial charge on any atom is -0.370 e. The highest BCUT2D eigenvalue weighted by atomic mass is 35.5. The van der Waals surface area contributed by atoms with Gasteiger partial charge in [0.1, 0.15) is 6.10 Å². The lowest BCUT2D eigenvalue weighted by Gasteiger charge is -2.33. The molecule has 6 heteroatoms. The molecule has 3 aromatic rings. The molecule has 0 saturated carbocycles. The van der Waals surface area contributed by atoms with Crippen molar-refractivity contribution in [3.8, 4) is 0 Å². The van der Waals surface area contributed by atoms with E-state index in [1.165, 1.54) is 10.9 Å². The maximum absolute atomic E-state index is 12.6. The number of hydrogen-bond acceptors (Lipinski definition) is 2. The summed E-state index contributed by atoms with van der Waals surface area (Å²) >= 11 is 5.96. The summed E-state index contributed by atoms with van der Waals surface area (Å²) in [6.07, 6.45) is 0.680. The van der Waals surface area contributed by atoms with Crippen LogP contribution in [0.4, 0.5) is 4.79 Å². The summed E-state index contributed by atoms with van der Waals surface area (Å²) < 4.78 is 5.84. The summed E-state index contributed by atoms with van der Waals surface area (Å²) in [5.41, 5.74) is 4.60. The molecule has 1 aromatic heterocycles. The van der Waals surface area contributed by atoms with Gasteiger partial charge in [0.25, 0.3) is 0 Å². The van der Waals surface area contributed by atoms with Crippen LogP contribution in [0.1, 0.15) is 22.9 Å². The van der Waals surface area contributed by atoms with Gasteiger partial charge in [-0.1, -0.05) is 41.9 Å². The smallest absolute Gasteiger partial charge is 0.317 e. The number of fused-ring (bicyclic) bond motifs is 1. The molecule has 2 N–H and O–H groups in total. The molecule has 1 fully saturated rings. The number of urea groups is 1. The third-order valence-corrected chi connectivity index (χ3v) is 5.53. The lowest BCUT2D eigenvalue weighted by Crippen LogP contribution is -2.47. The van der Waals surface area contributed by atoms with Gasteiger partial charge >= 0.3 is 6.03 Å². The van der Waals surface area contributed by atoms with Crippen molar-refractivity contribution >= 4 is 28.5 Å². The normalized spacial score (nSPS) is 17.1. The number of carbonyl (C=O) groups excluding carboxylic acids is 1. The van der Waals surface area contributed by atoms with Crippen molar-refractivity contribution in [3.63, 3.8) is 0 Å². The second kappa shape index (κ2) is 8.25. The fourth-order valence-electron chi connectivity index (χ4n) is 3.78. The van der Waals surface area contributed by atoms with Crippen molar-refractivity contribution in [2.75, 3.05) is 26.2 Å². The molecule has 0 radical (unpaired) electrons. The Bertz CT molecular complexity index is 968. The van der Waals surface area contributed by atoms with Crippen LogP contribution in [0.25, 0.3) is 10.9 Å². The van der Waals surface area contributed by atoms with Crippen molar-refractivity contribution in [1.82, 2.24) is 15.2 Å². The van der Waals surface area contributed by atoms with E-state index in [-0.39, 0.29) is 12.1 Å². The summed E-state index contributed by atoms with van der Waals surface area (Å²) in [5.74, 6) is 0. The van der Waals surface area contributed by atoms with E-state index in [1.807, 2.05) is 41.3 Å². The zero-order valence-electron chi connectivity index (χ0n) is 15.9. The number of nitrogens with one attached hydrogen (secondary N) is 2. The van der Waals surface area contributed by atoms with Crippen LogP contribution in [0, 0.1) is 6.92 Å². The van der Waals surface area contributed by atoms with Gasteiger partial charge in [-0.3, -0.25) is 0 Å². The predicted molar refractivity (Wildman–Crippen MR) is 112 cm³/mol. The quantitative estimate of drug-likeness (QED) is 0.683. The fourth-order valence-corrected chi connectivity index (χ4v) is 3.90. The second-order valence-corrected chi connectivity index (χ2v) is 7.55. The second-order valence-electron chi connectivity index (χ2n) is 7.11. The molecular weight excluding hydrogens is 374 g/mol. The Morgan fingerprint density at radius 3 is 2.86 bits per heavy atom. The Balaban J connectivity index is 1.34. The molecule has 146 valence electrons. The van der Waals surface area contributed by atoms with E-state index in [0.717, 1.165) is 23.2 Å². The van der Waals surface area contributed by atoms with Gasteiger partial charge in [0, 0.05) is 34.7 Å². The van der Waals surface area contributed by atoms with Gasteiger partial charge in [0.15, 0.2) is 0 Å².